The normalized spacial score (nSPS) is 15.2. The van der Waals surface area contributed by atoms with Gasteiger partial charge < -0.3 is 5.32 Å². The molecule has 0 atom stereocenters. The molecule has 1 amide bonds. The van der Waals surface area contributed by atoms with E-state index in [1.165, 1.54) is 17.1 Å². The molecule has 0 radical (unpaired) electrons. The number of halogens is 1. The van der Waals surface area contributed by atoms with Gasteiger partial charge in [0.05, 0.1) is 5.56 Å². The van der Waals surface area contributed by atoms with Gasteiger partial charge in [0.15, 0.2) is 0 Å². The summed E-state index contributed by atoms with van der Waals surface area (Å²) in [6.45, 7) is 5.31. The lowest BCUT2D eigenvalue weighted by Crippen LogP contribution is -2.31. The molecule has 1 aromatic carbocycles. The maximum absolute atomic E-state index is 12.3. The van der Waals surface area contributed by atoms with E-state index in [0.717, 1.165) is 35.4 Å². The number of nitrogens with one attached hydrogen (secondary N) is 1. The molecular formula is C18H20BrN3OS. The second kappa shape index (κ2) is 8.14. The predicted molar refractivity (Wildman–Crippen MR) is 104 cm³/mol. The summed E-state index contributed by atoms with van der Waals surface area (Å²) in [4.78, 5) is 18.9. The Hall–Kier alpha value is -1.37. The first-order valence-electron chi connectivity index (χ1n) is 7.93. The number of carbonyl (C=O) groups excluding carboxylic acids is 1. The number of hydrogen-bond acceptors (Lipinski definition) is 4. The Bertz CT molecular complexity index is 732. The molecule has 2 heterocycles. The van der Waals surface area contributed by atoms with E-state index in [1.807, 2.05) is 24.8 Å². The third kappa shape index (κ3) is 4.59. The van der Waals surface area contributed by atoms with Crippen molar-refractivity contribution in [3.05, 3.63) is 57.8 Å². The van der Waals surface area contributed by atoms with Crippen molar-refractivity contribution in [1.29, 1.82) is 0 Å². The zero-order valence-corrected chi connectivity index (χ0v) is 16.0. The van der Waals surface area contributed by atoms with Crippen LogP contribution in [0.1, 0.15) is 21.5 Å². The van der Waals surface area contributed by atoms with Gasteiger partial charge in [0.1, 0.15) is 0 Å². The van der Waals surface area contributed by atoms with Crippen LogP contribution < -0.4 is 5.32 Å². The van der Waals surface area contributed by atoms with E-state index in [4.69, 9.17) is 0 Å². The SMILES string of the molecule is Cc1cc(CN2CCSCC2)ccc1NC(=O)c1cncc(Br)c1. The summed E-state index contributed by atoms with van der Waals surface area (Å²) in [6.07, 6.45) is 3.23. The van der Waals surface area contributed by atoms with Crippen LogP contribution in [0.5, 0.6) is 0 Å². The van der Waals surface area contributed by atoms with Crippen molar-refractivity contribution in [3.63, 3.8) is 0 Å². The van der Waals surface area contributed by atoms with E-state index >= 15 is 0 Å². The molecule has 1 N–H and O–H groups in total. The highest BCUT2D eigenvalue weighted by Crippen LogP contribution is 2.20. The van der Waals surface area contributed by atoms with Crippen LogP contribution in [0, 0.1) is 6.92 Å². The van der Waals surface area contributed by atoms with E-state index in [0.29, 0.717) is 5.56 Å². The molecule has 4 nitrogen and oxygen atoms in total. The molecule has 2 aromatic rings. The van der Waals surface area contributed by atoms with Crippen molar-refractivity contribution in [2.45, 2.75) is 13.5 Å². The van der Waals surface area contributed by atoms with Gasteiger partial charge in [0.2, 0.25) is 0 Å². The summed E-state index contributed by atoms with van der Waals surface area (Å²) in [6, 6.07) is 8.02. The molecule has 126 valence electrons. The molecule has 0 spiro atoms. The number of thioether (sulfide) groups is 1. The number of benzene rings is 1. The number of anilines is 1. The van der Waals surface area contributed by atoms with E-state index < -0.39 is 0 Å². The van der Waals surface area contributed by atoms with Crippen molar-refractivity contribution in [2.75, 3.05) is 29.9 Å². The van der Waals surface area contributed by atoms with E-state index in [-0.39, 0.29) is 5.91 Å². The molecule has 24 heavy (non-hydrogen) atoms. The Labute approximate surface area is 155 Å². The van der Waals surface area contributed by atoms with Gasteiger partial charge in [-0.3, -0.25) is 14.7 Å². The summed E-state index contributed by atoms with van der Waals surface area (Å²) >= 11 is 5.36. The van der Waals surface area contributed by atoms with Crippen molar-refractivity contribution >= 4 is 39.3 Å². The lowest BCUT2D eigenvalue weighted by Gasteiger charge is -2.26. The minimum absolute atomic E-state index is 0.146. The number of carbonyl (C=O) groups is 1. The first-order valence-corrected chi connectivity index (χ1v) is 9.88. The van der Waals surface area contributed by atoms with E-state index in [9.17, 15) is 4.79 Å². The second-order valence-corrected chi connectivity index (χ2v) is 8.02. The van der Waals surface area contributed by atoms with E-state index in [2.05, 4.69) is 43.3 Å². The average Bonchev–Trinajstić information content (AvgIpc) is 2.58. The zero-order chi connectivity index (χ0) is 16.9. The zero-order valence-electron chi connectivity index (χ0n) is 13.6. The Morgan fingerprint density at radius 1 is 1.29 bits per heavy atom. The number of hydrogen-bond donors (Lipinski definition) is 1. The van der Waals surface area contributed by atoms with Crippen molar-refractivity contribution in [1.82, 2.24) is 9.88 Å². The lowest BCUT2D eigenvalue weighted by atomic mass is 10.1. The van der Waals surface area contributed by atoms with Crippen LogP contribution in [0.3, 0.4) is 0 Å². The molecule has 1 aliphatic rings. The molecule has 0 saturated carbocycles. The Morgan fingerprint density at radius 2 is 2.08 bits per heavy atom. The van der Waals surface area contributed by atoms with E-state index in [1.54, 1.807) is 18.5 Å². The summed E-state index contributed by atoms with van der Waals surface area (Å²) in [7, 11) is 0. The molecule has 3 rings (SSSR count). The monoisotopic (exact) mass is 405 g/mol. The van der Waals surface area contributed by atoms with Gasteiger partial charge >= 0.3 is 0 Å². The number of rotatable bonds is 4. The highest BCUT2D eigenvalue weighted by molar-refractivity contribution is 9.10. The van der Waals surface area contributed by atoms with Gasteiger partial charge in [-0.2, -0.15) is 11.8 Å². The quantitative estimate of drug-likeness (QED) is 0.835. The summed E-state index contributed by atoms with van der Waals surface area (Å²) in [5.41, 5.74) is 3.76. The smallest absolute Gasteiger partial charge is 0.257 e. The Balaban J connectivity index is 1.67. The standard InChI is InChI=1S/C18H20BrN3OS/c1-13-8-14(12-22-4-6-24-7-5-22)2-3-17(13)21-18(23)15-9-16(19)11-20-10-15/h2-3,8-11H,4-7,12H2,1H3,(H,21,23). The molecule has 0 bridgehead atoms. The fourth-order valence-corrected chi connectivity index (χ4v) is 4.06. The van der Waals surface area contributed by atoms with Crippen LogP contribution in [0.2, 0.25) is 0 Å². The largest absolute Gasteiger partial charge is 0.322 e. The molecule has 1 fully saturated rings. The first kappa shape index (κ1) is 17.5. The number of aromatic nitrogens is 1. The predicted octanol–water partition coefficient (Wildman–Crippen LogP) is 3.95. The fourth-order valence-electron chi connectivity index (χ4n) is 2.71. The van der Waals surface area contributed by atoms with Crippen molar-refractivity contribution in [3.8, 4) is 0 Å². The highest BCUT2D eigenvalue weighted by atomic mass is 79.9. The minimum atomic E-state index is -0.146. The van der Waals surface area contributed by atoms with Crippen LogP contribution in [-0.2, 0) is 6.54 Å². The molecule has 0 unspecified atom stereocenters. The van der Waals surface area contributed by atoms with Crippen LogP contribution in [0.25, 0.3) is 0 Å². The lowest BCUT2D eigenvalue weighted by molar-refractivity contribution is 0.102. The highest BCUT2D eigenvalue weighted by Gasteiger charge is 2.12. The molecule has 1 aromatic heterocycles. The third-order valence-corrected chi connectivity index (χ3v) is 5.39. The van der Waals surface area contributed by atoms with Gasteiger partial charge in [-0.15, -0.1) is 0 Å². The maximum atomic E-state index is 12.3. The van der Waals surface area contributed by atoms with Crippen LogP contribution in [-0.4, -0.2) is 40.4 Å². The van der Waals surface area contributed by atoms with Gasteiger partial charge in [-0.25, -0.2) is 0 Å². The van der Waals surface area contributed by atoms with Crippen LogP contribution in [0.15, 0.2) is 41.1 Å². The Morgan fingerprint density at radius 3 is 2.79 bits per heavy atom. The molecule has 6 heteroatoms. The molecular weight excluding hydrogens is 386 g/mol. The van der Waals surface area contributed by atoms with Gasteiger partial charge in [0.25, 0.3) is 5.91 Å². The number of aryl methyl sites for hydroxylation is 1. The number of nitrogens with zero attached hydrogens (tertiary/aromatic N) is 2. The molecule has 1 aliphatic heterocycles. The Kier molecular flexibility index (Phi) is 5.92. The number of amides is 1. The average molecular weight is 406 g/mol. The van der Waals surface area contributed by atoms with Crippen LogP contribution >= 0.6 is 27.7 Å². The van der Waals surface area contributed by atoms with Crippen molar-refractivity contribution in [2.24, 2.45) is 0 Å². The summed E-state index contributed by atoms with van der Waals surface area (Å²) in [5, 5.41) is 2.97. The second-order valence-electron chi connectivity index (χ2n) is 5.88. The van der Waals surface area contributed by atoms with Gasteiger partial charge in [0, 0.05) is 53.7 Å². The third-order valence-electron chi connectivity index (χ3n) is 4.02. The van der Waals surface area contributed by atoms with Gasteiger partial charge in [-0.1, -0.05) is 12.1 Å². The summed E-state index contributed by atoms with van der Waals surface area (Å²) in [5.74, 6) is 2.29. The topological polar surface area (TPSA) is 45.2 Å². The molecule has 1 saturated heterocycles. The number of pyridine rings is 1. The van der Waals surface area contributed by atoms with Gasteiger partial charge in [-0.05, 0) is 46.1 Å². The minimum Gasteiger partial charge on any atom is -0.322 e. The fraction of sp³-hybridized carbons (Fsp3) is 0.333. The van der Waals surface area contributed by atoms with Crippen LogP contribution in [0.4, 0.5) is 5.69 Å². The van der Waals surface area contributed by atoms with Crippen molar-refractivity contribution < 1.29 is 4.79 Å². The summed E-state index contributed by atoms with van der Waals surface area (Å²) < 4.78 is 0.793. The maximum Gasteiger partial charge on any atom is 0.257 e. The first-order chi connectivity index (χ1) is 11.6. The molecule has 0 aliphatic carbocycles.